The highest BCUT2D eigenvalue weighted by molar-refractivity contribution is 5.71. The van der Waals surface area contributed by atoms with Crippen molar-refractivity contribution in [1.82, 2.24) is 9.88 Å². The fourth-order valence-electron chi connectivity index (χ4n) is 5.55. The average Bonchev–Trinajstić information content (AvgIpc) is 2.98. The maximum absolute atomic E-state index is 13.5. The number of piperidine rings is 1. The molecule has 202 valence electrons. The lowest BCUT2D eigenvalue weighted by Gasteiger charge is -2.43. The van der Waals surface area contributed by atoms with E-state index in [-0.39, 0.29) is 18.8 Å². The van der Waals surface area contributed by atoms with Gasteiger partial charge in [0.05, 0.1) is 17.9 Å². The van der Waals surface area contributed by atoms with Crippen LogP contribution in [0.15, 0.2) is 97.2 Å². The summed E-state index contributed by atoms with van der Waals surface area (Å²) in [5.74, 6) is 0. The first-order chi connectivity index (χ1) is 18.8. The molecule has 1 saturated heterocycles. The lowest BCUT2D eigenvalue weighted by atomic mass is 9.72. The van der Waals surface area contributed by atoms with Crippen molar-refractivity contribution in [3.63, 3.8) is 0 Å². The number of nitrogens with zero attached hydrogens (tertiary/aromatic N) is 3. The molecule has 39 heavy (non-hydrogen) atoms. The Bertz CT molecular complexity index is 1380. The molecule has 0 radical (unpaired) electrons. The van der Waals surface area contributed by atoms with Crippen LogP contribution in [0.2, 0.25) is 0 Å². The Hall–Kier alpha value is -3.68. The van der Waals surface area contributed by atoms with Gasteiger partial charge in [-0.3, -0.25) is 9.88 Å². The van der Waals surface area contributed by atoms with Crippen molar-refractivity contribution in [3.05, 3.63) is 114 Å². The highest BCUT2D eigenvalue weighted by Crippen LogP contribution is 2.42. The number of benzene rings is 3. The van der Waals surface area contributed by atoms with Crippen LogP contribution in [-0.4, -0.2) is 41.7 Å². The van der Waals surface area contributed by atoms with E-state index in [1.807, 2.05) is 42.3 Å². The van der Waals surface area contributed by atoms with Gasteiger partial charge in [0, 0.05) is 36.6 Å². The Kier molecular flexibility index (Phi) is 7.73. The van der Waals surface area contributed by atoms with Crippen LogP contribution < -0.4 is 4.90 Å². The molecule has 0 unspecified atom stereocenters. The first-order valence-electron chi connectivity index (χ1n) is 13.1. The summed E-state index contributed by atoms with van der Waals surface area (Å²) in [7, 11) is 2.02. The van der Waals surface area contributed by atoms with Crippen LogP contribution in [0.25, 0.3) is 11.1 Å². The molecule has 5 rings (SSSR count). The zero-order valence-electron chi connectivity index (χ0n) is 21.9. The number of anilines is 2. The standard InChI is InChI=1S/C32H32F3N3O/c1-37(26-15-13-25(14-16-26)24-8-3-2-4-9-24)30-12-6-5-10-28(30)31(23-39)17-20-38(21-18-31)22-29-27(32(33,34)35)11-7-19-36-29/h2-16,19,39H,17-18,20-23H2,1H3. The molecule has 0 atom stereocenters. The number of hydrogen-bond acceptors (Lipinski definition) is 4. The number of alkyl halides is 3. The van der Waals surface area contributed by atoms with E-state index < -0.39 is 17.2 Å². The van der Waals surface area contributed by atoms with Crippen molar-refractivity contribution in [2.24, 2.45) is 0 Å². The van der Waals surface area contributed by atoms with Gasteiger partial charge in [0.2, 0.25) is 0 Å². The third-order valence-corrected chi connectivity index (χ3v) is 7.88. The summed E-state index contributed by atoms with van der Waals surface area (Å²) >= 11 is 0. The number of aliphatic hydroxyl groups is 1. The second-order valence-corrected chi connectivity index (χ2v) is 10.2. The van der Waals surface area contributed by atoms with Crippen molar-refractivity contribution in [3.8, 4) is 11.1 Å². The number of aromatic nitrogens is 1. The van der Waals surface area contributed by atoms with E-state index in [1.165, 1.54) is 12.3 Å². The fourth-order valence-corrected chi connectivity index (χ4v) is 5.55. The van der Waals surface area contributed by atoms with Gasteiger partial charge in [-0.05, 0) is 73.0 Å². The molecule has 1 aromatic heterocycles. The van der Waals surface area contributed by atoms with Gasteiger partial charge in [-0.1, -0.05) is 60.7 Å². The molecule has 0 amide bonds. The summed E-state index contributed by atoms with van der Waals surface area (Å²) in [6, 6.07) is 29.1. The predicted octanol–water partition coefficient (Wildman–Crippen LogP) is 7.06. The summed E-state index contributed by atoms with van der Waals surface area (Å²) in [4.78, 5) is 8.17. The van der Waals surface area contributed by atoms with E-state index in [0.717, 1.165) is 34.1 Å². The Balaban J connectivity index is 1.35. The second-order valence-electron chi connectivity index (χ2n) is 10.2. The van der Waals surface area contributed by atoms with Crippen LogP contribution in [0.3, 0.4) is 0 Å². The smallest absolute Gasteiger partial charge is 0.395 e. The number of para-hydroxylation sites is 1. The number of pyridine rings is 1. The van der Waals surface area contributed by atoms with Crippen LogP contribution in [0, 0.1) is 0 Å². The second kappa shape index (κ2) is 11.2. The maximum atomic E-state index is 13.5. The minimum absolute atomic E-state index is 0.0317. The summed E-state index contributed by atoms with van der Waals surface area (Å²) in [5.41, 5.74) is 4.26. The minimum atomic E-state index is -4.43. The Labute approximate surface area is 227 Å². The largest absolute Gasteiger partial charge is 0.418 e. The van der Waals surface area contributed by atoms with Crippen molar-refractivity contribution in [2.75, 3.05) is 31.6 Å². The van der Waals surface area contributed by atoms with Crippen LogP contribution in [0.5, 0.6) is 0 Å². The first-order valence-corrected chi connectivity index (χ1v) is 13.1. The van der Waals surface area contributed by atoms with E-state index in [0.29, 0.717) is 25.9 Å². The molecular weight excluding hydrogens is 499 g/mol. The fraction of sp³-hybridized carbons (Fsp3) is 0.281. The highest BCUT2D eigenvalue weighted by atomic mass is 19.4. The molecule has 2 heterocycles. The maximum Gasteiger partial charge on any atom is 0.418 e. The molecule has 1 N–H and O–H groups in total. The number of hydrogen-bond donors (Lipinski definition) is 1. The van der Waals surface area contributed by atoms with Gasteiger partial charge in [0.15, 0.2) is 0 Å². The van der Waals surface area contributed by atoms with Gasteiger partial charge < -0.3 is 10.0 Å². The van der Waals surface area contributed by atoms with E-state index in [9.17, 15) is 18.3 Å². The molecule has 1 aliphatic rings. The number of rotatable bonds is 7. The summed E-state index contributed by atoms with van der Waals surface area (Å²) in [6.07, 6.45) is -1.76. The van der Waals surface area contributed by atoms with E-state index in [4.69, 9.17) is 0 Å². The van der Waals surface area contributed by atoms with Gasteiger partial charge in [0.1, 0.15) is 0 Å². The quantitative estimate of drug-likeness (QED) is 0.277. The molecule has 7 heteroatoms. The molecule has 0 spiro atoms. The molecular formula is C32H32F3N3O. The highest BCUT2D eigenvalue weighted by Gasteiger charge is 2.39. The third-order valence-electron chi connectivity index (χ3n) is 7.88. The SMILES string of the molecule is CN(c1ccc(-c2ccccc2)cc1)c1ccccc1C1(CO)CCN(Cc2ncccc2C(F)(F)F)CC1. The predicted molar refractivity (Wildman–Crippen MR) is 149 cm³/mol. The topological polar surface area (TPSA) is 39.6 Å². The van der Waals surface area contributed by atoms with Gasteiger partial charge in [-0.25, -0.2) is 0 Å². The van der Waals surface area contributed by atoms with E-state index in [2.05, 4.69) is 58.4 Å². The van der Waals surface area contributed by atoms with Crippen molar-refractivity contribution in [2.45, 2.75) is 31.0 Å². The van der Waals surface area contributed by atoms with Gasteiger partial charge in [0.25, 0.3) is 0 Å². The molecule has 4 aromatic rings. The monoisotopic (exact) mass is 531 g/mol. The normalized spacial score (nSPS) is 15.7. The lowest BCUT2D eigenvalue weighted by Crippen LogP contribution is -2.45. The molecule has 3 aromatic carbocycles. The van der Waals surface area contributed by atoms with E-state index in [1.54, 1.807) is 0 Å². The zero-order valence-corrected chi connectivity index (χ0v) is 21.9. The van der Waals surface area contributed by atoms with Crippen molar-refractivity contribution < 1.29 is 18.3 Å². The Morgan fingerprint density at radius 3 is 2.15 bits per heavy atom. The van der Waals surface area contributed by atoms with E-state index >= 15 is 0 Å². The number of aliphatic hydroxyl groups excluding tert-OH is 1. The lowest BCUT2D eigenvalue weighted by molar-refractivity contribution is -0.138. The molecule has 0 bridgehead atoms. The molecule has 0 aliphatic carbocycles. The van der Waals surface area contributed by atoms with Crippen LogP contribution >= 0.6 is 0 Å². The van der Waals surface area contributed by atoms with Gasteiger partial charge >= 0.3 is 6.18 Å². The van der Waals surface area contributed by atoms with Crippen molar-refractivity contribution >= 4 is 11.4 Å². The average molecular weight is 532 g/mol. The molecule has 0 saturated carbocycles. The van der Waals surface area contributed by atoms with Crippen LogP contribution in [-0.2, 0) is 18.1 Å². The zero-order chi connectivity index (χ0) is 27.5. The molecule has 4 nitrogen and oxygen atoms in total. The molecule has 1 aliphatic heterocycles. The summed E-state index contributed by atoms with van der Waals surface area (Å²) in [5, 5.41) is 10.7. The summed E-state index contributed by atoms with van der Waals surface area (Å²) < 4.78 is 40.4. The van der Waals surface area contributed by atoms with Gasteiger partial charge in [-0.15, -0.1) is 0 Å². The number of halogens is 3. The number of likely N-dealkylation sites (tertiary alicyclic amines) is 1. The first kappa shape index (κ1) is 26.9. The van der Waals surface area contributed by atoms with Crippen LogP contribution in [0.4, 0.5) is 24.5 Å². The Morgan fingerprint density at radius 1 is 0.846 bits per heavy atom. The summed E-state index contributed by atoms with van der Waals surface area (Å²) in [6.45, 7) is 1.24. The van der Waals surface area contributed by atoms with Crippen LogP contribution in [0.1, 0.15) is 29.7 Å². The minimum Gasteiger partial charge on any atom is -0.395 e. The third kappa shape index (κ3) is 5.70. The van der Waals surface area contributed by atoms with Gasteiger partial charge in [-0.2, -0.15) is 13.2 Å². The molecule has 1 fully saturated rings. The van der Waals surface area contributed by atoms with Crippen molar-refractivity contribution in [1.29, 1.82) is 0 Å². The Morgan fingerprint density at radius 2 is 1.49 bits per heavy atom.